The number of amides is 2. The first-order valence-corrected chi connectivity index (χ1v) is 12.0. The van der Waals surface area contributed by atoms with Crippen LogP contribution >= 0.6 is 10.2 Å². The van der Waals surface area contributed by atoms with Gasteiger partial charge in [-0.3, -0.25) is 0 Å². The zero-order chi connectivity index (χ0) is 21.4. The van der Waals surface area contributed by atoms with Crippen LogP contribution < -0.4 is 15.1 Å². The van der Waals surface area contributed by atoms with Gasteiger partial charge in [-0.1, -0.05) is 0 Å². The monoisotopic (exact) mass is 483 g/mol. The van der Waals surface area contributed by atoms with E-state index in [1.807, 2.05) is 0 Å². The first-order valence-electron chi connectivity index (χ1n) is 8.25. The molecule has 0 radical (unpaired) electrons. The molecule has 29 heavy (non-hydrogen) atoms. The number of carboxylic acids is 1. The number of rotatable bonds is 9. The van der Waals surface area contributed by atoms with Crippen LogP contribution in [0.25, 0.3) is 0 Å². The Morgan fingerprint density at radius 2 is 1.83 bits per heavy atom. The topological polar surface area (TPSA) is 139 Å². The van der Waals surface area contributed by atoms with E-state index < -0.39 is 22.7 Å². The fourth-order valence-electron chi connectivity index (χ4n) is 2.07. The molecule has 152 valence electrons. The normalized spacial score (nSPS) is 11.3. The second kappa shape index (κ2) is 10.6. The Morgan fingerprint density at radius 1 is 1.17 bits per heavy atom. The summed E-state index contributed by atoms with van der Waals surface area (Å²) in [6, 6.07) is 12.5. The van der Waals surface area contributed by atoms with Crippen molar-refractivity contribution in [3.63, 3.8) is 0 Å². The third-order valence-electron chi connectivity index (χ3n) is 3.53. The summed E-state index contributed by atoms with van der Waals surface area (Å²) in [5, 5.41) is 23.9. The van der Waals surface area contributed by atoms with Gasteiger partial charge in [0, 0.05) is 0 Å². The van der Waals surface area contributed by atoms with E-state index in [9.17, 15) is 24.5 Å². The molecule has 0 aliphatic carbocycles. The Kier molecular flexibility index (Phi) is 8.20. The number of nitro groups is 1. The summed E-state index contributed by atoms with van der Waals surface area (Å²) in [5.41, 5.74) is 0.798. The van der Waals surface area contributed by atoms with Gasteiger partial charge in [-0.05, 0) is 0 Å². The molecule has 2 aromatic rings. The SMILES string of the molecule is CC(S[Se]c1ccccc1C(=O)Nc1ccc([N+](=O)[O-])cc1)C(=O)NCC(=O)O. The number of nitrogens with zero attached hydrogens (tertiary/aromatic N) is 1. The summed E-state index contributed by atoms with van der Waals surface area (Å²) in [5.74, 6) is -1.86. The van der Waals surface area contributed by atoms with Crippen molar-refractivity contribution in [2.45, 2.75) is 12.2 Å². The molecule has 1 atom stereocenters. The Hall–Kier alpha value is -2.88. The molecule has 0 bridgehead atoms. The van der Waals surface area contributed by atoms with E-state index in [1.54, 1.807) is 31.2 Å². The third kappa shape index (κ3) is 6.90. The molecule has 0 aliphatic rings. The van der Waals surface area contributed by atoms with Crippen molar-refractivity contribution in [1.29, 1.82) is 0 Å². The van der Waals surface area contributed by atoms with Gasteiger partial charge in [0.05, 0.1) is 0 Å². The summed E-state index contributed by atoms with van der Waals surface area (Å²) in [7, 11) is 1.33. The Bertz CT molecular complexity index is 922. The number of carboxylic acid groups (broad SMARTS) is 1. The molecule has 0 heterocycles. The van der Waals surface area contributed by atoms with E-state index in [0.717, 1.165) is 4.46 Å². The second-order valence-electron chi connectivity index (χ2n) is 5.69. The minimum atomic E-state index is -1.12. The van der Waals surface area contributed by atoms with Crippen LogP contribution in [0.15, 0.2) is 48.5 Å². The first-order chi connectivity index (χ1) is 13.8. The van der Waals surface area contributed by atoms with Gasteiger partial charge < -0.3 is 0 Å². The summed E-state index contributed by atoms with van der Waals surface area (Å²) in [6.07, 6.45) is 0. The summed E-state index contributed by atoms with van der Waals surface area (Å²) < 4.78 is 0.766. The van der Waals surface area contributed by atoms with Gasteiger partial charge in [-0.25, -0.2) is 0 Å². The molecule has 0 fully saturated rings. The Labute approximate surface area is 175 Å². The van der Waals surface area contributed by atoms with Crippen molar-refractivity contribution in [2.24, 2.45) is 0 Å². The van der Waals surface area contributed by atoms with E-state index in [1.165, 1.54) is 34.4 Å². The van der Waals surface area contributed by atoms with Gasteiger partial charge in [-0.2, -0.15) is 0 Å². The van der Waals surface area contributed by atoms with Crippen LogP contribution in [0.4, 0.5) is 11.4 Å². The molecule has 3 N–H and O–H groups in total. The number of non-ortho nitro benzene ring substituents is 1. The summed E-state index contributed by atoms with van der Waals surface area (Å²) in [6.45, 7) is 1.23. The molecule has 9 nitrogen and oxygen atoms in total. The molecule has 2 amide bonds. The number of hydrogen-bond donors (Lipinski definition) is 3. The fourth-order valence-corrected chi connectivity index (χ4v) is 6.16. The van der Waals surface area contributed by atoms with Gasteiger partial charge in [0.25, 0.3) is 0 Å². The van der Waals surface area contributed by atoms with Gasteiger partial charge >= 0.3 is 176 Å². The van der Waals surface area contributed by atoms with Crippen LogP contribution in [0.5, 0.6) is 0 Å². The van der Waals surface area contributed by atoms with Crippen molar-refractivity contribution in [3.8, 4) is 0 Å². The molecule has 0 spiro atoms. The molecule has 0 aromatic heterocycles. The molecule has 0 saturated carbocycles. The van der Waals surface area contributed by atoms with E-state index in [4.69, 9.17) is 5.11 Å². The van der Waals surface area contributed by atoms with Crippen molar-refractivity contribution in [3.05, 3.63) is 64.2 Å². The van der Waals surface area contributed by atoms with Crippen molar-refractivity contribution < 1.29 is 24.4 Å². The first kappa shape index (κ1) is 22.4. The predicted octanol–water partition coefficient (Wildman–Crippen LogP) is 1.41. The van der Waals surface area contributed by atoms with Gasteiger partial charge in [-0.15, -0.1) is 0 Å². The minimum absolute atomic E-state index is 0.0710. The second-order valence-corrected chi connectivity index (χ2v) is 9.94. The Balaban J connectivity index is 2.01. The van der Waals surface area contributed by atoms with Crippen LogP contribution in [0.2, 0.25) is 0 Å². The number of anilines is 1. The fraction of sp³-hybridized carbons (Fsp3) is 0.167. The molecule has 2 rings (SSSR count). The molecule has 0 aliphatic heterocycles. The average Bonchev–Trinajstić information content (AvgIpc) is 2.70. The molecule has 0 saturated heterocycles. The number of aliphatic carboxylic acids is 1. The zero-order valence-corrected chi connectivity index (χ0v) is 17.7. The maximum absolute atomic E-state index is 12.6. The number of nitro benzene ring substituents is 1. The standard InChI is InChI=1S/C18H17N3O6SSe/c1-11(17(24)19-10-16(22)23)28-29-15-5-3-2-4-14(15)18(25)20-12-6-8-13(9-7-12)21(26)27/h2-9,11H,10H2,1H3,(H,19,24)(H,20,25)(H,22,23). The van der Waals surface area contributed by atoms with Gasteiger partial charge in [0.15, 0.2) is 0 Å². The van der Waals surface area contributed by atoms with E-state index in [2.05, 4.69) is 10.6 Å². The summed E-state index contributed by atoms with van der Waals surface area (Å²) >= 11 is -0.274. The quantitative estimate of drug-likeness (QED) is 0.279. The van der Waals surface area contributed by atoms with Crippen molar-refractivity contribution in [1.82, 2.24) is 5.32 Å². The van der Waals surface area contributed by atoms with Gasteiger partial charge in [0.1, 0.15) is 0 Å². The van der Waals surface area contributed by atoms with Crippen LogP contribution in [-0.4, -0.2) is 53.4 Å². The summed E-state index contributed by atoms with van der Waals surface area (Å²) in [4.78, 5) is 45.2. The third-order valence-corrected chi connectivity index (χ3v) is 8.61. The van der Waals surface area contributed by atoms with Crippen LogP contribution in [-0.2, 0) is 9.59 Å². The number of carbonyl (C=O) groups excluding carboxylic acids is 2. The molecular formula is C18H17N3O6SSe. The molecular weight excluding hydrogens is 465 g/mol. The Morgan fingerprint density at radius 3 is 2.45 bits per heavy atom. The van der Waals surface area contributed by atoms with Crippen molar-refractivity contribution >= 4 is 57.6 Å². The average molecular weight is 482 g/mol. The molecule has 11 heteroatoms. The maximum atomic E-state index is 12.6. The number of hydrogen-bond acceptors (Lipinski definition) is 6. The number of nitrogens with one attached hydrogen (secondary N) is 2. The predicted molar refractivity (Wildman–Crippen MR) is 111 cm³/mol. The molecule has 1 unspecified atom stereocenters. The van der Waals surface area contributed by atoms with Crippen LogP contribution in [0, 0.1) is 10.1 Å². The van der Waals surface area contributed by atoms with Crippen molar-refractivity contribution in [2.75, 3.05) is 11.9 Å². The molecule has 2 aromatic carbocycles. The van der Waals surface area contributed by atoms with E-state index in [0.29, 0.717) is 11.3 Å². The van der Waals surface area contributed by atoms with Crippen LogP contribution in [0.3, 0.4) is 0 Å². The number of benzene rings is 2. The van der Waals surface area contributed by atoms with Crippen LogP contribution in [0.1, 0.15) is 17.3 Å². The van der Waals surface area contributed by atoms with E-state index in [-0.39, 0.29) is 31.3 Å². The zero-order valence-electron chi connectivity index (χ0n) is 15.2. The number of carbonyl (C=O) groups is 3. The van der Waals surface area contributed by atoms with Gasteiger partial charge in [0.2, 0.25) is 0 Å². The van der Waals surface area contributed by atoms with E-state index >= 15 is 0 Å².